The number of aryl methyl sites for hydroxylation is 2. The van der Waals surface area contributed by atoms with E-state index in [0.29, 0.717) is 30.6 Å². The lowest BCUT2D eigenvalue weighted by Crippen LogP contribution is -2.53. The summed E-state index contributed by atoms with van der Waals surface area (Å²) < 4.78 is 30.2. The highest BCUT2D eigenvalue weighted by Gasteiger charge is 2.44. The van der Waals surface area contributed by atoms with Crippen LogP contribution >= 0.6 is 0 Å². The molecule has 7 heteroatoms. The molecule has 1 fully saturated rings. The summed E-state index contributed by atoms with van der Waals surface area (Å²) in [7, 11) is -3.67. The van der Waals surface area contributed by atoms with Gasteiger partial charge in [0.1, 0.15) is 11.4 Å². The van der Waals surface area contributed by atoms with Crippen LogP contribution in [-0.2, 0) is 10.2 Å². The summed E-state index contributed by atoms with van der Waals surface area (Å²) in [6.07, 6.45) is 1.24. The van der Waals surface area contributed by atoms with Gasteiger partial charge < -0.3 is 4.74 Å². The van der Waals surface area contributed by atoms with E-state index in [4.69, 9.17) is 9.88 Å². The van der Waals surface area contributed by atoms with Crippen LogP contribution in [0.1, 0.15) is 40.7 Å². The fraction of sp³-hybridized carbons (Fsp3) is 0.533. The minimum absolute atomic E-state index is 0.0633. The summed E-state index contributed by atoms with van der Waals surface area (Å²) >= 11 is 0. The van der Waals surface area contributed by atoms with Crippen molar-refractivity contribution >= 4 is 16.0 Å². The zero-order valence-electron chi connectivity index (χ0n) is 12.8. The third kappa shape index (κ3) is 2.64. The number of hydrogen-bond donors (Lipinski definition) is 1. The van der Waals surface area contributed by atoms with Crippen LogP contribution in [0, 0.1) is 13.8 Å². The predicted molar refractivity (Wildman–Crippen MR) is 82.1 cm³/mol. The Morgan fingerprint density at radius 1 is 1.18 bits per heavy atom. The van der Waals surface area contributed by atoms with E-state index in [1.165, 1.54) is 4.31 Å². The molecule has 1 aromatic rings. The van der Waals surface area contributed by atoms with Crippen molar-refractivity contribution in [3.05, 3.63) is 28.8 Å². The third-order valence-electron chi connectivity index (χ3n) is 4.70. The summed E-state index contributed by atoms with van der Waals surface area (Å²) in [5, 5.41) is 5.16. The minimum Gasteiger partial charge on any atom is -0.486 e. The van der Waals surface area contributed by atoms with Crippen LogP contribution in [0.5, 0.6) is 5.75 Å². The van der Waals surface area contributed by atoms with Gasteiger partial charge in [0.15, 0.2) is 5.78 Å². The highest BCUT2D eigenvalue weighted by Crippen LogP contribution is 2.40. The van der Waals surface area contributed by atoms with Crippen LogP contribution < -0.4 is 9.88 Å². The fourth-order valence-corrected chi connectivity index (χ4v) is 3.87. The lowest BCUT2D eigenvalue weighted by molar-refractivity contribution is 0.00587. The first kappa shape index (κ1) is 15.5. The molecular formula is C15H20N2O4S. The number of nitrogens with two attached hydrogens (primary N) is 1. The number of rotatable bonds is 1. The Morgan fingerprint density at radius 2 is 1.77 bits per heavy atom. The lowest BCUT2D eigenvalue weighted by atomic mass is 9.82. The average molecular weight is 324 g/mol. The molecule has 6 nitrogen and oxygen atoms in total. The Bertz CT molecular complexity index is 734. The van der Waals surface area contributed by atoms with Gasteiger partial charge in [0.2, 0.25) is 0 Å². The Hall–Kier alpha value is -1.44. The number of carbonyl (C=O) groups is 1. The van der Waals surface area contributed by atoms with Gasteiger partial charge in [0.05, 0.1) is 12.0 Å². The van der Waals surface area contributed by atoms with Crippen molar-refractivity contribution in [1.82, 2.24) is 4.31 Å². The number of Topliss-reactive ketones (excluding diaryl/α,β-unsaturated/α-hetero) is 1. The maximum Gasteiger partial charge on any atom is 0.276 e. The first-order valence-electron chi connectivity index (χ1n) is 7.32. The normalized spacial score (nSPS) is 21.5. The smallest absolute Gasteiger partial charge is 0.276 e. The van der Waals surface area contributed by atoms with Crippen LogP contribution in [0.25, 0.3) is 0 Å². The monoisotopic (exact) mass is 324 g/mol. The zero-order chi connectivity index (χ0) is 16.1. The third-order valence-corrected chi connectivity index (χ3v) is 5.78. The molecule has 0 saturated carbocycles. The summed E-state index contributed by atoms with van der Waals surface area (Å²) in [4.78, 5) is 12.5. The van der Waals surface area contributed by atoms with E-state index in [2.05, 4.69) is 0 Å². The number of fused-ring (bicyclic) bond motifs is 1. The molecule has 0 aromatic heterocycles. The highest BCUT2D eigenvalue weighted by atomic mass is 32.2. The molecular weight excluding hydrogens is 304 g/mol. The van der Waals surface area contributed by atoms with Crippen molar-refractivity contribution < 1.29 is 17.9 Å². The van der Waals surface area contributed by atoms with Crippen LogP contribution in [-0.4, -0.2) is 37.2 Å². The number of ether oxygens (including phenoxy) is 1. The summed E-state index contributed by atoms with van der Waals surface area (Å²) in [5.41, 5.74) is 2.16. The van der Waals surface area contributed by atoms with Crippen molar-refractivity contribution in [2.45, 2.75) is 38.7 Å². The summed E-state index contributed by atoms with van der Waals surface area (Å²) in [6, 6.07) is 3.77. The molecule has 3 rings (SSSR count). The maximum atomic E-state index is 12.5. The molecule has 0 radical (unpaired) electrons. The molecule has 2 N–H and O–H groups in total. The average Bonchev–Trinajstić information content (AvgIpc) is 2.41. The van der Waals surface area contributed by atoms with E-state index in [0.717, 1.165) is 11.1 Å². The Kier molecular flexibility index (Phi) is 3.54. The molecule has 1 spiro atoms. The maximum absolute atomic E-state index is 12.5. The van der Waals surface area contributed by atoms with Gasteiger partial charge in [-0.25, -0.2) is 5.14 Å². The molecule has 0 aliphatic carbocycles. The lowest BCUT2D eigenvalue weighted by Gasteiger charge is -2.43. The van der Waals surface area contributed by atoms with Gasteiger partial charge in [-0.3, -0.25) is 4.79 Å². The van der Waals surface area contributed by atoms with E-state index in [-0.39, 0.29) is 18.9 Å². The molecule has 120 valence electrons. The van der Waals surface area contributed by atoms with Gasteiger partial charge in [-0.05, 0) is 37.1 Å². The molecule has 22 heavy (non-hydrogen) atoms. The molecule has 0 bridgehead atoms. The Labute approximate surface area is 130 Å². The second-order valence-electron chi connectivity index (χ2n) is 6.26. The number of carbonyl (C=O) groups excluding carboxylic acids is 1. The van der Waals surface area contributed by atoms with Gasteiger partial charge >= 0.3 is 0 Å². The van der Waals surface area contributed by atoms with Gasteiger partial charge in [-0.1, -0.05) is 0 Å². The van der Waals surface area contributed by atoms with E-state index < -0.39 is 15.8 Å². The second kappa shape index (κ2) is 5.04. The van der Waals surface area contributed by atoms with Gasteiger partial charge in [-0.15, -0.1) is 0 Å². The molecule has 1 saturated heterocycles. The largest absolute Gasteiger partial charge is 0.486 e. The van der Waals surface area contributed by atoms with Crippen molar-refractivity contribution in [3.63, 3.8) is 0 Å². The molecule has 1 aromatic carbocycles. The van der Waals surface area contributed by atoms with Crippen LogP contribution in [0.2, 0.25) is 0 Å². The number of nitrogens with zero attached hydrogens (tertiary/aromatic N) is 1. The van der Waals surface area contributed by atoms with E-state index >= 15 is 0 Å². The van der Waals surface area contributed by atoms with Crippen molar-refractivity contribution in [2.24, 2.45) is 5.14 Å². The Morgan fingerprint density at radius 3 is 2.36 bits per heavy atom. The number of ketones is 1. The summed E-state index contributed by atoms with van der Waals surface area (Å²) in [6.45, 7) is 4.52. The highest BCUT2D eigenvalue weighted by molar-refractivity contribution is 7.86. The topological polar surface area (TPSA) is 89.7 Å². The number of piperidine rings is 1. The molecule has 0 amide bonds. The standard InChI is InChI=1S/C15H20N2O4S/c1-10-7-12-13(18)9-15(21-14(12)8-11(10)2)3-5-17(6-4-15)22(16,19)20/h7-8H,3-6,9H2,1-2H3,(H2,16,19,20). The number of hydrogen-bond acceptors (Lipinski definition) is 4. The first-order valence-corrected chi connectivity index (χ1v) is 8.82. The van der Waals surface area contributed by atoms with Crippen LogP contribution in [0.15, 0.2) is 12.1 Å². The van der Waals surface area contributed by atoms with Gasteiger partial charge in [-0.2, -0.15) is 12.7 Å². The fourth-order valence-electron chi connectivity index (χ4n) is 3.18. The Balaban J connectivity index is 1.87. The van der Waals surface area contributed by atoms with E-state index in [9.17, 15) is 13.2 Å². The summed E-state index contributed by atoms with van der Waals surface area (Å²) in [5.74, 6) is 0.678. The van der Waals surface area contributed by atoms with Crippen molar-refractivity contribution in [2.75, 3.05) is 13.1 Å². The molecule has 0 unspecified atom stereocenters. The predicted octanol–water partition coefficient (Wildman–Crippen LogP) is 1.31. The molecule has 2 aliphatic rings. The first-order chi connectivity index (χ1) is 10.2. The van der Waals surface area contributed by atoms with Crippen LogP contribution in [0.3, 0.4) is 0 Å². The molecule has 2 heterocycles. The minimum atomic E-state index is -3.67. The van der Waals surface area contributed by atoms with E-state index in [1.807, 2.05) is 26.0 Å². The SMILES string of the molecule is Cc1cc2c(cc1C)C(=O)CC1(CCN(S(N)(=O)=O)CC1)O2. The van der Waals surface area contributed by atoms with Gasteiger partial charge in [0, 0.05) is 25.9 Å². The number of benzene rings is 1. The van der Waals surface area contributed by atoms with Crippen molar-refractivity contribution in [1.29, 1.82) is 0 Å². The zero-order valence-corrected chi connectivity index (χ0v) is 13.6. The van der Waals surface area contributed by atoms with Crippen LogP contribution in [0.4, 0.5) is 0 Å². The van der Waals surface area contributed by atoms with Gasteiger partial charge in [0.25, 0.3) is 10.2 Å². The van der Waals surface area contributed by atoms with E-state index in [1.54, 1.807) is 0 Å². The molecule has 0 atom stereocenters. The second-order valence-corrected chi connectivity index (χ2v) is 7.81. The molecule has 2 aliphatic heterocycles. The quantitative estimate of drug-likeness (QED) is 0.843. The van der Waals surface area contributed by atoms with Crippen molar-refractivity contribution in [3.8, 4) is 5.75 Å².